The van der Waals surface area contributed by atoms with Crippen LogP contribution in [0.15, 0.2) is 91.3 Å². The third-order valence-electron chi connectivity index (χ3n) is 5.75. The van der Waals surface area contributed by atoms with Gasteiger partial charge in [-0.3, -0.25) is 14.9 Å². The van der Waals surface area contributed by atoms with Crippen molar-refractivity contribution in [1.29, 1.82) is 0 Å². The third-order valence-corrected chi connectivity index (χ3v) is 5.75. The van der Waals surface area contributed by atoms with Crippen LogP contribution in [0.2, 0.25) is 0 Å². The van der Waals surface area contributed by atoms with E-state index in [1.807, 2.05) is 78.5 Å². The molecule has 0 fully saturated rings. The number of nitrogens with zero attached hydrogens (tertiary/aromatic N) is 3. The number of anilines is 2. The highest BCUT2D eigenvalue weighted by molar-refractivity contribution is 6.31. The number of carbonyl (C=O) groups is 1. The molecule has 34 heavy (non-hydrogen) atoms. The SMILES string of the molecule is Cn1ccnc1-c1cccc(NC(/C=C2\C(=O)Nc3ccc([N+](=O)[O-])cc32)c2ccccc2)c1. The van der Waals surface area contributed by atoms with E-state index < -0.39 is 4.92 Å². The van der Waals surface area contributed by atoms with Crippen LogP contribution in [0.4, 0.5) is 17.1 Å². The van der Waals surface area contributed by atoms with Crippen LogP contribution >= 0.6 is 0 Å². The molecule has 168 valence electrons. The minimum Gasteiger partial charge on any atom is -0.375 e. The molecule has 3 aromatic carbocycles. The number of amides is 1. The van der Waals surface area contributed by atoms with Gasteiger partial charge in [0.25, 0.3) is 11.6 Å². The van der Waals surface area contributed by atoms with Gasteiger partial charge in [0.2, 0.25) is 0 Å². The fourth-order valence-electron chi connectivity index (χ4n) is 4.07. The number of carbonyl (C=O) groups excluding carboxylic acids is 1. The second kappa shape index (κ2) is 8.67. The number of nitrogens with one attached hydrogen (secondary N) is 2. The summed E-state index contributed by atoms with van der Waals surface area (Å²) in [6, 6.07) is 21.6. The number of non-ortho nitro benzene ring substituents is 1. The topological polar surface area (TPSA) is 102 Å². The lowest BCUT2D eigenvalue weighted by Crippen LogP contribution is -2.11. The molecule has 8 nitrogen and oxygen atoms in total. The maximum absolute atomic E-state index is 12.8. The van der Waals surface area contributed by atoms with E-state index in [1.54, 1.807) is 12.3 Å². The summed E-state index contributed by atoms with van der Waals surface area (Å²) < 4.78 is 1.95. The number of benzene rings is 3. The lowest BCUT2D eigenvalue weighted by atomic mass is 9.99. The van der Waals surface area contributed by atoms with E-state index in [0.717, 1.165) is 22.6 Å². The van der Waals surface area contributed by atoms with Gasteiger partial charge >= 0.3 is 0 Å². The van der Waals surface area contributed by atoms with E-state index in [1.165, 1.54) is 12.1 Å². The molecule has 1 aliphatic heterocycles. The predicted octanol–water partition coefficient (Wildman–Crippen LogP) is 5.18. The molecular formula is C26H21N5O3. The van der Waals surface area contributed by atoms with Gasteiger partial charge < -0.3 is 15.2 Å². The first-order valence-corrected chi connectivity index (χ1v) is 10.7. The highest BCUT2D eigenvalue weighted by Crippen LogP contribution is 2.37. The Hall–Kier alpha value is -4.72. The monoisotopic (exact) mass is 451 g/mol. The van der Waals surface area contributed by atoms with Gasteiger partial charge in [0.1, 0.15) is 5.82 Å². The Kier molecular flexibility index (Phi) is 5.39. The van der Waals surface area contributed by atoms with Gasteiger partial charge in [0.15, 0.2) is 0 Å². The first-order chi connectivity index (χ1) is 16.5. The number of aryl methyl sites for hydroxylation is 1. The van der Waals surface area contributed by atoms with Crippen molar-refractivity contribution in [3.8, 4) is 11.4 Å². The summed E-state index contributed by atoms with van der Waals surface area (Å²) in [6.07, 6.45) is 5.46. The lowest BCUT2D eigenvalue weighted by molar-refractivity contribution is -0.384. The molecule has 0 radical (unpaired) electrons. The maximum Gasteiger partial charge on any atom is 0.270 e. The van der Waals surface area contributed by atoms with Crippen LogP contribution in [0.1, 0.15) is 17.2 Å². The van der Waals surface area contributed by atoms with Crippen LogP contribution in [0.25, 0.3) is 17.0 Å². The molecule has 0 saturated heterocycles. The van der Waals surface area contributed by atoms with Crippen LogP contribution in [0, 0.1) is 10.1 Å². The van der Waals surface area contributed by atoms with E-state index in [-0.39, 0.29) is 17.6 Å². The number of fused-ring (bicyclic) bond motifs is 1. The minimum absolute atomic E-state index is 0.0619. The second-order valence-corrected chi connectivity index (χ2v) is 8.00. The van der Waals surface area contributed by atoms with E-state index in [2.05, 4.69) is 15.6 Å². The second-order valence-electron chi connectivity index (χ2n) is 8.00. The first-order valence-electron chi connectivity index (χ1n) is 10.7. The molecular weight excluding hydrogens is 430 g/mol. The highest BCUT2D eigenvalue weighted by Gasteiger charge is 2.27. The van der Waals surface area contributed by atoms with Gasteiger partial charge in [-0.25, -0.2) is 4.98 Å². The number of nitro groups is 1. The van der Waals surface area contributed by atoms with Crippen LogP contribution in [-0.4, -0.2) is 20.4 Å². The molecule has 0 bridgehead atoms. The van der Waals surface area contributed by atoms with E-state index >= 15 is 0 Å². The van der Waals surface area contributed by atoms with Crippen molar-refractivity contribution in [2.24, 2.45) is 7.05 Å². The first kappa shape index (κ1) is 21.1. The number of nitro benzene ring substituents is 1. The third kappa shape index (κ3) is 4.04. The van der Waals surface area contributed by atoms with E-state index in [0.29, 0.717) is 16.8 Å². The number of rotatable bonds is 6. The van der Waals surface area contributed by atoms with Gasteiger partial charge in [0, 0.05) is 59.6 Å². The number of hydrogen-bond donors (Lipinski definition) is 2. The summed E-state index contributed by atoms with van der Waals surface area (Å²) in [6.45, 7) is 0. The Morgan fingerprint density at radius 3 is 2.65 bits per heavy atom. The van der Waals surface area contributed by atoms with E-state index in [9.17, 15) is 14.9 Å². The van der Waals surface area contributed by atoms with Crippen LogP contribution in [0.5, 0.6) is 0 Å². The van der Waals surface area contributed by atoms with Crippen molar-refractivity contribution in [3.05, 3.63) is 113 Å². The molecule has 4 aromatic rings. The summed E-state index contributed by atoms with van der Waals surface area (Å²) in [5, 5.41) is 17.6. The van der Waals surface area contributed by atoms with Crippen molar-refractivity contribution < 1.29 is 9.72 Å². The van der Waals surface area contributed by atoms with Crippen molar-refractivity contribution in [1.82, 2.24) is 9.55 Å². The number of aromatic nitrogens is 2. The predicted molar refractivity (Wildman–Crippen MR) is 131 cm³/mol. The molecule has 1 atom stereocenters. The van der Waals surface area contributed by atoms with Crippen LogP contribution < -0.4 is 10.6 Å². The molecule has 2 N–H and O–H groups in total. The minimum atomic E-state index is -0.462. The molecule has 1 aliphatic rings. The van der Waals surface area contributed by atoms with Gasteiger partial charge in [-0.05, 0) is 29.8 Å². The smallest absolute Gasteiger partial charge is 0.270 e. The quantitative estimate of drug-likeness (QED) is 0.239. The number of imidazole rings is 1. The fourth-order valence-corrected chi connectivity index (χ4v) is 4.07. The average Bonchev–Trinajstić information content (AvgIpc) is 3.41. The Labute approximate surface area is 195 Å². The molecule has 5 rings (SSSR count). The summed E-state index contributed by atoms with van der Waals surface area (Å²) in [5.74, 6) is 0.551. The summed E-state index contributed by atoms with van der Waals surface area (Å²) in [7, 11) is 1.94. The van der Waals surface area contributed by atoms with Crippen molar-refractivity contribution >= 4 is 28.5 Å². The summed E-state index contributed by atoms with van der Waals surface area (Å²) in [5.41, 5.74) is 4.16. The van der Waals surface area contributed by atoms with Gasteiger partial charge in [-0.1, -0.05) is 42.5 Å². The Bertz CT molecular complexity index is 1430. The Balaban J connectivity index is 1.55. The molecule has 0 spiro atoms. The van der Waals surface area contributed by atoms with Gasteiger partial charge in [0.05, 0.1) is 11.0 Å². The van der Waals surface area contributed by atoms with Gasteiger partial charge in [-0.2, -0.15) is 0 Å². The zero-order chi connectivity index (χ0) is 23.7. The maximum atomic E-state index is 12.8. The van der Waals surface area contributed by atoms with Crippen LogP contribution in [-0.2, 0) is 11.8 Å². The standard InChI is InChI=1S/C26H21N5O3/c1-30-13-12-27-25(30)18-8-5-9-19(14-18)28-24(17-6-3-2-4-7-17)16-22-21-15-20(31(33)34)10-11-23(21)29-26(22)32/h2-16,24,28H,1H3,(H,29,32)/b22-16-. The fraction of sp³-hybridized carbons (Fsp3) is 0.0769. The van der Waals surface area contributed by atoms with Crippen molar-refractivity contribution in [2.75, 3.05) is 10.6 Å². The summed E-state index contributed by atoms with van der Waals surface area (Å²) in [4.78, 5) is 28.0. The molecule has 2 heterocycles. The largest absolute Gasteiger partial charge is 0.375 e. The molecule has 1 amide bonds. The normalized spacial score (nSPS) is 14.5. The Morgan fingerprint density at radius 1 is 1.09 bits per heavy atom. The average molecular weight is 451 g/mol. The Morgan fingerprint density at radius 2 is 1.91 bits per heavy atom. The highest BCUT2D eigenvalue weighted by atomic mass is 16.6. The molecule has 0 saturated carbocycles. The van der Waals surface area contributed by atoms with Crippen LogP contribution in [0.3, 0.4) is 0 Å². The molecule has 1 unspecified atom stereocenters. The van der Waals surface area contributed by atoms with Crippen molar-refractivity contribution in [2.45, 2.75) is 6.04 Å². The zero-order valence-corrected chi connectivity index (χ0v) is 18.3. The lowest BCUT2D eigenvalue weighted by Gasteiger charge is -2.18. The molecule has 0 aliphatic carbocycles. The van der Waals surface area contributed by atoms with E-state index in [4.69, 9.17) is 0 Å². The van der Waals surface area contributed by atoms with Crippen molar-refractivity contribution in [3.63, 3.8) is 0 Å². The number of hydrogen-bond acceptors (Lipinski definition) is 5. The van der Waals surface area contributed by atoms with Gasteiger partial charge in [-0.15, -0.1) is 0 Å². The molecule has 1 aromatic heterocycles. The summed E-state index contributed by atoms with van der Waals surface area (Å²) >= 11 is 0. The zero-order valence-electron chi connectivity index (χ0n) is 18.3. The molecule has 8 heteroatoms.